The third-order valence-electron chi connectivity index (χ3n) is 6.51. The molecule has 1 amide bonds. The molecule has 1 aliphatic rings. The Balaban J connectivity index is 1.15. The zero-order chi connectivity index (χ0) is 27.6. The number of aromatic nitrogens is 6. The van der Waals surface area contributed by atoms with E-state index in [4.69, 9.17) is 0 Å². The lowest BCUT2D eigenvalue weighted by molar-refractivity contribution is -0.120. The van der Waals surface area contributed by atoms with Gasteiger partial charge in [0.1, 0.15) is 0 Å². The smallest absolute Gasteiger partial charge is 0.264 e. The lowest BCUT2D eigenvalue weighted by Crippen LogP contribution is -2.38. The molecular formula is C26H29N9O3S. The molecule has 0 atom stereocenters. The highest BCUT2D eigenvalue weighted by Gasteiger charge is 2.26. The van der Waals surface area contributed by atoms with Gasteiger partial charge >= 0.3 is 0 Å². The molecule has 5 rings (SSSR count). The van der Waals surface area contributed by atoms with Crippen molar-refractivity contribution in [2.45, 2.75) is 38.5 Å². The molecule has 12 nitrogen and oxygen atoms in total. The van der Waals surface area contributed by atoms with Crippen molar-refractivity contribution in [2.75, 3.05) is 28.0 Å². The highest BCUT2D eigenvalue weighted by Crippen LogP contribution is 2.24. The average molecular weight is 548 g/mol. The van der Waals surface area contributed by atoms with E-state index in [-0.39, 0.29) is 22.7 Å². The number of benzene rings is 1. The molecule has 39 heavy (non-hydrogen) atoms. The summed E-state index contributed by atoms with van der Waals surface area (Å²) < 4.78 is 29.4. The number of carbonyl (C=O) groups is 1. The van der Waals surface area contributed by atoms with Crippen LogP contribution in [0, 0.1) is 26.7 Å². The second-order valence-electron chi connectivity index (χ2n) is 9.49. The van der Waals surface area contributed by atoms with Crippen LogP contribution in [-0.4, -0.2) is 57.4 Å². The van der Waals surface area contributed by atoms with E-state index in [1.165, 1.54) is 18.3 Å². The van der Waals surface area contributed by atoms with Crippen LogP contribution in [0.3, 0.4) is 0 Å². The quantitative estimate of drug-likeness (QED) is 0.356. The molecule has 0 bridgehead atoms. The number of aryl methyl sites for hydroxylation is 3. The molecule has 0 spiro atoms. The third-order valence-corrected chi connectivity index (χ3v) is 7.85. The normalized spacial score (nSPS) is 14.3. The van der Waals surface area contributed by atoms with Gasteiger partial charge in [-0.25, -0.2) is 27.8 Å². The monoisotopic (exact) mass is 547 g/mol. The Hall–Kier alpha value is -4.39. The summed E-state index contributed by atoms with van der Waals surface area (Å²) in [6, 6.07) is 13.5. The number of carbonyl (C=O) groups excluding carboxylic acids is 1. The Kier molecular flexibility index (Phi) is 7.24. The zero-order valence-corrected chi connectivity index (χ0v) is 22.7. The molecule has 1 aliphatic heterocycles. The van der Waals surface area contributed by atoms with Gasteiger partial charge in [0.15, 0.2) is 11.6 Å². The molecule has 1 saturated heterocycles. The van der Waals surface area contributed by atoms with Crippen LogP contribution in [0.25, 0.3) is 5.82 Å². The van der Waals surface area contributed by atoms with E-state index in [0.717, 1.165) is 17.2 Å². The predicted octanol–water partition coefficient (Wildman–Crippen LogP) is 3.03. The van der Waals surface area contributed by atoms with Gasteiger partial charge in [0, 0.05) is 42.3 Å². The van der Waals surface area contributed by atoms with Crippen molar-refractivity contribution in [3.63, 3.8) is 0 Å². The minimum absolute atomic E-state index is 0.00346. The summed E-state index contributed by atoms with van der Waals surface area (Å²) in [6.45, 7) is 7.01. The highest BCUT2D eigenvalue weighted by molar-refractivity contribution is 7.92. The van der Waals surface area contributed by atoms with Crippen molar-refractivity contribution in [2.24, 2.45) is 5.92 Å². The summed E-state index contributed by atoms with van der Waals surface area (Å²) in [5.74, 6) is 1.18. The van der Waals surface area contributed by atoms with Gasteiger partial charge in [-0.15, -0.1) is 10.2 Å². The van der Waals surface area contributed by atoms with Gasteiger partial charge in [0.2, 0.25) is 11.9 Å². The fraction of sp³-hybridized carbons (Fsp3) is 0.308. The number of nitrogens with one attached hydrogen (secondary N) is 2. The SMILES string of the molecule is Cc1ccnc(NS(=O)(=O)c2ccc(NC(=O)C3CCN(c4ccc(-n5nc(C)cc5C)nn4)CC3)cc2)n1. The van der Waals surface area contributed by atoms with Gasteiger partial charge < -0.3 is 10.2 Å². The maximum atomic E-state index is 12.9. The van der Waals surface area contributed by atoms with Gasteiger partial charge in [0.25, 0.3) is 10.0 Å². The lowest BCUT2D eigenvalue weighted by atomic mass is 9.96. The molecule has 4 aromatic rings. The molecule has 3 aromatic heterocycles. The molecule has 1 aromatic carbocycles. The molecule has 0 aliphatic carbocycles. The minimum Gasteiger partial charge on any atom is -0.355 e. The minimum atomic E-state index is -3.86. The largest absolute Gasteiger partial charge is 0.355 e. The average Bonchev–Trinajstić information content (AvgIpc) is 3.26. The summed E-state index contributed by atoms with van der Waals surface area (Å²) >= 11 is 0. The summed E-state index contributed by atoms with van der Waals surface area (Å²) in [6.07, 6.45) is 2.82. The lowest BCUT2D eigenvalue weighted by Gasteiger charge is -2.31. The van der Waals surface area contributed by atoms with Crippen LogP contribution in [0.15, 0.2) is 59.6 Å². The van der Waals surface area contributed by atoms with E-state index < -0.39 is 10.0 Å². The van der Waals surface area contributed by atoms with Crippen molar-refractivity contribution in [3.8, 4) is 5.82 Å². The first kappa shape index (κ1) is 26.2. The number of rotatable bonds is 7. The number of anilines is 3. The number of hydrogen-bond donors (Lipinski definition) is 2. The first-order chi connectivity index (χ1) is 18.7. The van der Waals surface area contributed by atoms with E-state index in [1.54, 1.807) is 29.8 Å². The van der Waals surface area contributed by atoms with E-state index >= 15 is 0 Å². The van der Waals surface area contributed by atoms with Gasteiger partial charge in [0.05, 0.1) is 10.6 Å². The second-order valence-corrected chi connectivity index (χ2v) is 11.2. The first-order valence-electron chi connectivity index (χ1n) is 12.5. The molecule has 13 heteroatoms. The number of hydrogen-bond acceptors (Lipinski definition) is 9. The first-order valence-corrected chi connectivity index (χ1v) is 14.0. The van der Waals surface area contributed by atoms with Crippen LogP contribution < -0.4 is 14.9 Å². The number of piperidine rings is 1. The summed E-state index contributed by atoms with van der Waals surface area (Å²) in [5.41, 5.74) is 3.09. The van der Waals surface area contributed by atoms with Gasteiger partial charge in [-0.1, -0.05) is 0 Å². The number of amides is 1. The maximum absolute atomic E-state index is 12.9. The van der Waals surface area contributed by atoms with Crippen LogP contribution in [0.1, 0.15) is 29.9 Å². The van der Waals surface area contributed by atoms with Crippen LogP contribution >= 0.6 is 0 Å². The summed E-state index contributed by atoms with van der Waals surface area (Å²) in [7, 11) is -3.86. The number of nitrogens with zero attached hydrogens (tertiary/aromatic N) is 7. The van der Waals surface area contributed by atoms with Crippen molar-refractivity contribution in [3.05, 3.63) is 71.8 Å². The van der Waals surface area contributed by atoms with Crippen LogP contribution in [0.4, 0.5) is 17.5 Å². The van der Waals surface area contributed by atoms with Gasteiger partial charge in [-0.05, 0) is 82.1 Å². The second kappa shape index (κ2) is 10.8. The molecule has 1 fully saturated rings. The fourth-order valence-corrected chi connectivity index (χ4v) is 5.42. The van der Waals surface area contributed by atoms with E-state index in [1.807, 2.05) is 32.0 Å². The Morgan fingerprint density at radius 1 is 0.923 bits per heavy atom. The van der Waals surface area contributed by atoms with E-state index in [9.17, 15) is 13.2 Å². The van der Waals surface area contributed by atoms with Crippen molar-refractivity contribution in [1.82, 2.24) is 29.9 Å². The van der Waals surface area contributed by atoms with Crippen molar-refractivity contribution >= 4 is 33.4 Å². The zero-order valence-electron chi connectivity index (χ0n) is 21.9. The van der Waals surface area contributed by atoms with Crippen molar-refractivity contribution < 1.29 is 13.2 Å². The molecular weight excluding hydrogens is 518 g/mol. The summed E-state index contributed by atoms with van der Waals surface area (Å²) in [5, 5.41) is 16.1. The molecule has 202 valence electrons. The highest BCUT2D eigenvalue weighted by atomic mass is 32.2. The maximum Gasteiger partial charge on any atom is 0.264 e. The molecule has 2 N–H and O–H groups in total. The fourth-order valence-electron chi connectivity index (χ4n) is 4.47. The Labute approximate surface area is 226 Å². The topological polar surface area (TPSA) is 148 Å². The van der Waals surface area contributed by atoms with Crippen LogP contribution in [0.2, 0.25) is 0 Å². The molecule has 0 unspecified atom stereocenters. The van der Waals surface area contributed by atoms with E-state index in [2.05, 4.69) is 40.2 Å². The van der Waals surface area contributed by atoms with Crippen molar-refractivity contribution in [1.29, 1.82) is 0 Å². The predicted molar refractivity (Wildman–Crippen MR) is 146 cm³/mol. The standard InChI is InChI=1S/C26H29N9O3S/c1-17-10-13-27-26(28-17)33-39(37,38)22-6-4-21(5-7-22)29-25(36)20-11-14-34(15-12-20)23-8-9-24(31-30-23)35-19(3)16-18(2)32-35/h4-10,13,16,20H,11-12,14-15H2,1-3H3,(H,29,36)(H,27,28,33). The molecule has 0 radical (unpaired) electrons. The number of sulfonamides is 1. The van der Waals surface area contributed by atoms with Gasteiger partial charge in [-0.2, -0.15) is 5.10 Å². The Bertz CT molecular complexity index is 1580. The Morgan fingerprint density at radius 3 is 2.23 bits per heavy atom. The van der Waals surface area contributed by atoms with E-state index in [0.29, 0.717) is 43.1 Å². The van der Waals surface area contributed by atoms with Gasteiger partial charge in [-0.3, -0.25) is 4.79 Å². The van der Waals surface area contributed by atoms with Crippen LogP contribution in [-0.2, 0) is 14.8 Å². The molecule has 4 heterocycles. The molecule has 0 saturated carbocycles. The summed E-state index contributed by atoms with van der Waals surface area (Å²) in [4.78, 5) is 23.0. The van der Waals surface area contributed by atoms with Crippen LogP contribution in [0.5, 0.6) is 0 Å². The Morgan fingerprint density at radius 2 is 1.62 bits per heavy atom. The third kappa shape index (κ3) is 6.03.